The van der Waals surface area contributed by atoms with Gasteiger partial charge in [-0.05, 0) is 83.1 Å². The minimum absolute atomic E-state index is 0.360. The Bertz CT molecular complexity index is 1980. The lowest BCUT2D eigenvalue weighted by atomic mass is 9.76. The van der Waals surface area contributed by atoms with Gasteiger partial charge in [-0.15, -0.1) is 0 Å². The van der Waals surface area contributed by atoms with E-state index in [1.165, 1.54) is 0 Å². The van der Waals surface area contributed by atoms with Crippen molar-refractivity contribution >= 4 is 46.4 Å². The fraction of sp³-hybridized carbons (Fsp3) is 0.422. The van der Waals surface area contributed by atoms with Gasteiger partial charge in [-0.25, -0.2) is 0 Å². The molecule has 0 aliphatic carbocycles. The third-order valence-electron chi connectivity index (χ3n) is 10.6. The van der Waals surface area contributed by atoms with E-state index in [-0.39, 0.29) is 16.5 Å². The lowest BCUT2D eigenvalue weighted by Crippen LogP contribution is -2.91. The smallest absolute Gasteiger partial charge is 0.245 e. The standard InChI is InChI=1S/C45H64N6OSi3/c1-41(2,3)48-39(31-23-17-15-18-24-31)50(43(7,8)9)54(46)35-29-21-27-33-37(35)52-38-34(45(33,13)14)28-22-30-36(38)55(47,53-54)51(44(10,11)12)40(49-42(4,5)6)32-25-19-16-20-26-32/h15-30H,46-47,53H2,1-14H3/t54-,55+. The van der Waals surface area contributed by atoms with E-state index in [0.29, 0.717) is 0 Å². The normalized spacial score (nSPS) is 21.7. The van der Waals surface area contributed by atoms with Crippen molar-refractivity contribution < 1.29 is 4.74 Å². The second kappa shape index (κ2) is 13.7. The van der Waals surface area contributed by atoms with E-state index in [2.05, 4.69) is 203 Å². The number of amidine groups is 2. The highest BCUT2D eigenvalue weighted by molar-refractivity contribution is 7.57. The molecule has 7 nitrogen and oxygen atoms in total. The number of rotatable bonds is 4. The average molecular weight is 789 g/mol. The molecule has 0 radical (unpaired) electrons. The summed E-state index contributed by atoms with van der Waals surface area (Å²) >= 11 is 0. The van der Waals surface area contributed by atoms with Gasteiger partial charge in [0.1, 0.15) is 31.7 Å². The number of nitrogens with two attached hydrogens (primary N) is 2. The Kier molecular flexibility index (Phi) is 10.2. The van der Waals surface area contributed by atoms with Crippen LogP contribution in [0.4, 0.5) is 0 Å². The molecule has 4 N–H and O–H groups in total. The molecule has 2 aliphatic heterocycles. The summed E-state index contributed by atoms with van der Waals surface area (Å²) in [6.07, 6.45) is 0. The van der Waals surface area contributed by atoms with Crippen LogP contribution in [0.3, 0.4) is 0 Å². The van der Waals surface area contributed by atoms with Crippen LogP contribution < -0.4 is 25.9 Å². The van der Waals surface area contributed by atoms with Gasteiger partial charge in [-0.1, -0.05) is 111 Å². The summed E-state index contributed by atoms with van der Waals surface area (Å²) in [5.74, 6) is 3.62. The second-order valence-corrected chi connectivity index (χ2v) is 36.8. The van der Waals surface area contributed by atoms with E-state index in [1.807, 2.05) is 0 Å². The van der Waals surface area contributed by atoms with Gasteiger partial charge in [0, 0.05) is 49.1 Å². The number of ether oxygens (including phenoxy) is 1. The number of benzene rings is 4. The summed E-state index contributed by atoms with van der Waals surface area (Å²) in [7, 11) is -8.39. The summed E-state index contributed by atoms with van der Waals surface area (Å²) < 4.78 is 12.5. The summed E-state index contributed by atoms with van der Waals surface area (Å²) in [5, 5.41) is 19.5. The van der Waals surface area contributed by atoms with Crippen LogP contribution in [0, 0.1) is 0 Å². The lowest BCUT2D eigenvalue weighted by Gasteiger charge is -2.57. The SMILES string of the molecule is CC(C)(C)N=C(c1ccccc1)N(C(C)(C)C)[Si@@]1(N)[SiH2][Si@@](N)(N(C(=NC(C)(C)C)c2ccccc2)C(C)(C)C)c2cccc3c2Oc2c(cccc21)C3(C)C. The minimum Gasteiger partial charge on any atom is -0.457 e. The van der Waals surface area contributed by atoms with Crippen LogP contribution in [0.5, 0.6) is 11.5 Å². The quantitative estimate of drug-likeness (QED) is 0.130. The molecule has 6 rings (SSSR count). The monoisotopic (exact) mass is 788 g/mol. The van der Waals surface area contributed by atoms with Gasteiger partial charge < -0.3 is 24.7 Å². The number of hydrogen-bond donors (Lipinski definition) is 2. The van der Waals surface area contributed by atoms with Crippen LogP contribution in [0.1, 0.15) is 119 Å². The highest BCUT2D eigenvalue weighted by atomic mass is 29.6. The molecule has 0 aromatic heterocycles. The van der Waals surface area contributed by atoms with Crippen molar-refractivity contribution in [3.63, 3.8) is 0 Å². The summed E-state index contributed by atoms with van der Waals surface area (Å²) in [6, 6.07) is 34.6. The Labute approximate surface area is 335 Å². The topological polar surface area (TPSA) is 92.5 Å². The van der Waals surface area contributed by atoms with Crippen LogP contribution in [-0.2, 0) is 5.41 Å². The molecule has 292 valence electrons. The molecule has 10 heteroatoms. The van der Waals surface area contributed by atoms with Crippen molar-refractivity contribution in [1.82, 2.24) is 9.13 Å². The van der Waals surface area contributed by atoms with Gasteiger partial charge in [0.05, 0.1) is 11.1 Å². The molecule has 0 amide bonds. The fourth-order valence-electron chi connectivity index (χ4n) is 8.72. The van der Waals surface area contributed by atoms with E-state index in [1.54, 1.807) is 0 Å². The summed E-state index contributed by atoms with van der Waals surface area (Å²) in [6.45, 7) is 31.4. The van der Waals surface area contributed by atoms with Crippen LogP contribution >= 0.6 is 0 Å². The zero-order chi connectivity index (χ0) is 40.6. The molecule has 4 aromatic carbocycles. The van der Waals surface area contributed by atoms with Crippen molar-refractivity contribution in [3.8, 4) is 11.5 Å². The first-order valence-electron chi connectivity index (χ1n) is 19.7. The molecule has 0 spiro atoms. The third-order valence-corrected chi connectivity index (χ3v) is 34.8. The van der Waals surface area contributed by atoms with Crippen molar-refractivity contribution in [2.24, 2.45) is 20.8 Å². The Morgan fingerprint density at radius 2 is 0.891 bits per heavy atom. The van der Waals surface area contributed by atoms with E-state index in [4.69, 9.17) is 25.5 Å². The lowest BCUT2D eigenvalue weighted by molar-refractivity contribution is 0.342. The van der Waals surface area contributed by atoms with Crippen LogP contribution in [0.15, 0.2) is 107 Å². The molecule has 2 bridgehead atoms. The van der Waals surface area contributed by atoms with Crippen molar-refractivity contribution in [2.45, 2.75) is 125 Å². The Balaban J connectivity index is 1.81. The number of para-hydroxylation sites is 2. The highest BCUT2D eigenvalue weighted by Crippen LogP contribution is 2.49. The molecule has 4 aromatic rings. The minimum atomic E-state index is -3.41. The van der Waals surface area contributed by atoms with Crippen molar-refractivity contribution in [1.29, 1.82) is 0 Å². The first kappa shape index (κ1) is 40.8. The van der Waals surface area contributed by atoms with E-state index in [0.717, 1.165) is 55.8 Å². The number of hydrogen-bond acceptors (Lipinski definition) is 5. The molecule has 0 saturated carbocycles. The van der Waals surface area contributed by atoms with Gasteiger partial charge in [-0.2, -0.15) is 0 Å². The molecular formula is C45H64N6OSi3. The average Bonchev–Trinajstić information content (AvgIpc) is 3.05. The van der Waals surface area contributed by atoms with E-state index in [9.17, 15) is 0 Å². The van der Waals surface area contributed by atoms with Crippen LogP contribution in [-0.4, -0.2) is 67.3 Å². The van der Waals surface area contributed by atoms with E-state index < -0.39 is 35.5 Å². The second-order valence-electron chi connectivity index (χ2n) is 20.1. The highest BCUT2D eigenvalue weighted by Gasteiger charge is 2.61. The van der Waals surface area contributed by atoms with Gasteiger partial charge >= 0.3 is 0 Å². The fourth-order valence-corrected chi connectivity index (χ4v) is 39.8. The van der Waals surface area contributed by atoms with Crippen LogP contribution in [0.2, 0.25) is 0 Å². The van der Waals surface area contributed by atoms with Gasteiger partial charge in [0.15, 0.2) is 0 Å². The predicted octanol–water partition coefficient (Wildman–Crippen LogP) is 7.20. The Morgan fingerprint density at radius 3 is 1.20 bits per heavy atom. The Morgan fingerprint density at radius 1 is 0.545 bits per heavy atom. The molecule has 2 heterocycles. The van der Waals surface area contributed by atoms with E-state index >= 15 is 0 Å². The molecule has 55 heavy (non-hydrogen) atoms. The molecular weight excluding hydrogens is 725 g/mol. The first-order valence-corrected chi connectivity index (χ1v) is 28.4. The largest absolute Gasteiger partial charge is 0.457 e. The number of nitrogens with zero attached hydrogens (tertiary/aromatic N) is 4. The molecule has 2 atom stereocenters. The van der Waals surface area contributed by atoms with Crippen LogP contribution in [0.25, 0.3) is 0 Å². The molecule has 2 aliphatic rings. The van der Waals surface area contributed by atoms with Crippen molar-refractivity contribution in [2.75, 3.05) is 0 Å². The number of aliphatic imine (C=N–C) groups is 2. The predicted molar refractivity (Wildman–Crippen MR) is 241 cm³/mol. The maximum Gasteiger partial charge on any atom is 0.245 e. The zero-order valence-electron chi connectivity index (χ0n) is 35.8. The molecule has 0 fully saturated rings. The summed E-state index contributed by atoms with van der Waals surface area (Å²) in [5.41, 5.74) is 2.42. The third kappa shape index (κ3) is 7.56. The molecule has 0 saturated heterocycles. The first-order chi connectivity index (χ1) is 25.3. The van der Waals surface area contributed by atoms with Gasteiger partial charge in [0.25, 0.3) is 0 Å². The van der Waals surface area contributed by atoms with Gasteiger partial charge in [0.2, 0.25) is 15.8 Å². The summed E-state index contributed by atoms with van der Waals surface area (Å²) in [4.78, 5) is 11.2. The maximum atomic E-state index is 8.64. The maximum absolute atomic E-state index is 8.64. The van der Waals surface area contributed by atoms with Gasteiger partial charge in [-0.3, -0.25) is 9.98 Å². The zero-order valence-corrected chi connectivity index (χ0v) is 39.2. The van der Waals surface area contributed by atoms with Crippen molar-refractivity contribution in [3.05, 3.63) is 119 Å². The molecule has 0 unspecified atom stereocenters. The Hall–Kier alpha value is -3.81.